The molecule has 1 saturated carbocycles. The highest BCUT2D eigenvalue weighted by Gasteiger charge is 2.34. The van der Waals surface area contributed by atoms with Gasteiger partial charge in [-0.25, -0.2) is 8.42 Å². The van der Waals surface area contributed by atoms with Gasteiger partial charge in [-0.2, -0.15) is 21.4 Å². The van der Waals surface area contributed by atoms with Gasteiger partial charge in [0.15, 0.2) is 0 Å². The first-order valence-electron chi connectivity index (χ1n) is 10.4. The van der Waals surface area contributed by atoms with Crippen molar-refractivity contribution in [2.45, 2.75) is 48.9 Å². The SMILES string of the molecule is C=CC1=C(C=C)NC(COC2CCCC2)CN(S(=O)(=O)c2ccc(C(F)(F)F)cc2)C1.FS. The molecule has 1 aromatic rings. The molecule has 1 aromatic carbocycles. The van der Waals surface area contributed by atoms with Crippen molar-refractivity contribution in [2.75, 3.05) is 19.7 Å². The van der Waals surface area contributed by atoms with Crippen LogP contribution in [-0.4, -0.2) is 44.6 Å². The number of allylic oxidation sites excluding steroid dienone is 1. The molecule has 1 N–H and O–H groups in total. The van der Waals surface area contributed by atoms with Crippen LogP contribution in [0.5, 0.6) is 0 Å². The van der Waals surface area contributed by atoms with E-state index < -0.39 is 21.8 Å². The molecule has 1 atom stereocenters. The Hall–Kier alpha value is -1.82. The summed E-state index contributed by atoms with van der Waals surface area (Å²) in [6.45, 7) is 8.00. The van der Waals surface area contributed by atoms with Gasteiger partial charge in [0.05, 0.1) is 29.2 Å². The van der Waals surface area contributed by atoms with Crippen molar-refractivity contribution in [3.8, 4) is 0 Å². The van der Waals surface area contributed by atoms with Crippen LogP contribution in [0.15, 0.2) is 65.7 Å². The Morgan fingerprint density at radius 2 is 1.73 bits per heavy atom. The quantitative estimate of drug-likeness (QED) is 0.400. The normalized spacial score (nSPS) is 20.5. The van der Waals surface area contributed by atoms with Gasteiger partial charge in [0.2, 0.25) is 10.0 Å². The van der Waals surface area contributed by atoms with E-state index in [4.69, 9.17) is 4.74 Å². The van der Waals surface area contributed by atoms with Crippen LogP contribution in [0.1, 0.15) is 31.2 Å². The van der Waals surface area contributed by atoms with E-state index in [0.717, 1.165) is 49.9 Å². The van der Waals surface area contributed by atoms with Crippen molar-refractivity contribution in [3.63, 3.8) is 0 Å². The molecule has 184 valence electrons. The number of ether oxygens (including phenoxy) is 1. The van der Waals surface area contributed by atoms with Crippen molar-refractivity contribution in [1.82, 2.24) is 9.62 Å². The molecule has 2 aliphatic rings. The molecule has 11 heteroatoms. The van der Waals surface area contributed by atoms with Crippen LogP contribution in [0, 0.1) is 0 Å². The lowest BCUT2D eigenvalue weighted by Crippen LogP contribution is -2.44. The fraction of sp³-hybridized carbons (Fsp3) is 0.455. The summed E-state index contributed by atoms with van der Waals surface area (Å²) >= 11 is 2.03. The molecule has 0 radical (unpaired) electrons. The standard InChI is InChI=1S/C22H27F3N2O3S.FHS/c1-3-16-13-27(31(28,29)20-11-9-17(10-12-20)22(23,24)25)14-18(26-21(16)4-2)15-30-19-7-5-6-8-19;1-2/h3-4,9-12,18-19,26H,1-2,5-8,13-15H2;2H. The van der Waals surface area contributed by atoms with Gasteiger partial charge >= 0.3 is 6.18 Å². The Balaban J connectivity index is 0.00000187. The average molecular weight is 509 g/mol. The average Bonchev–Trinajstić information content (AvgIpc) is 3.25. The smallest absolute Gasteiger partial charge is 0.378 e. The van der Waals surface area contributed by atoms with E-state index in [1.54, 1.807) is 12.2 Å². The number of nitrogens with one attached hydrogen (secondary N) is 1. The van der Waals surface area contributed by atoms with Gasteiger partial charge < -0.3 is 10.1 Å². The maximum absolute atomic E-state index is 13.3. The molecule has 5 nitrogen and oxygen atoms in total. The van der Waals surface area contributed by atoms with Gasteiger partial charge in [-0.05, 0) is 48.8 Å². The van der Waals surface area contributed by atoms with Crippen molar-refractivity contribution in [1.29, 1.82) is 0 Å². The first-order chi connectivity index (χ1) is 15.6. The number of halogens is 4. The number of hydrogen-bond donors (Lipinski definition) is 2. The van der Waals surface area contributed by atoms with Crippen LogP contribution < -0.4 is 5.32 Å². The molecule has 0 spiro atoms. The zero-order valence-corrected chi connectivity index (χ0v) is 19.7. The van der Waals surface area contributed by atoms with E-state index in [1.165, 1.54) is 4.31 Å². The van der Waals surface area contributed by atoms with Crippen LogP contribution in [0.3, 0.4) is 0 Å². The highest BCUT2D eigenvalue weighted by molar-refractivity contribution is 7.89. The summed E-state index contributed by atoms with van der Waals surface area (Å²) < 4.78 is 81.5. The molecular weight excluding hydrogens is 480 g/mol. The van der Waals surface area contributed by atoms with Crippen LogP contribution in [-0.2, 0) is 20.9 Å². The topological polar surface area (TPSA) is 58.6 Å². The van der Waals surface area contributed by atoms with Gasteiger partial charge in [0.25, 0.3) is 0 Å². The first-order valence-corrected chi connectivity index (χ1v) is 12.1. The summed E-state index contributed by atoms with van der Waals surface area (Å²) in [4.78, 5) is -0.193. The van der Waals surface area contributed by atoms with E-state index in [-0.39, 0.29) is 30.1 Å². The summed E-state index contributed by atoms with van der Waals surface area (Å²) in [6.07, 6.45) is 3.01. The second-order valence-electron chi connectivity index (χ2n) is 7.75. The molecule has 3 rings (SSSR count). The van der Waals surface area contributed by atoms with Gasteiger partial charge in [0.1, 0.15) is 0 Å². The van der Waals surface area contributed by atoms with Gasteiger partial charge in [-0.15, -0.1) is 0 Å². The summed E-state index contributed by atoms with van der Waals surface area (Å²) in [5, 5.41) is 3.28. The predicted octanol–water partition coefficient (Wildman–Crippen LogP) is 5.05. The number of alkyl halides is 3. The van der Waals surface area contributed by atoms with Crippen LogP contribution >= 0.6 is 13.0 Å². The predicted molar refractivity (Wildman–Crippen MR) is 123 cm³/mol. The van der Waals surface area contributed by atoms with E-state index in [0.29, 0.717) is 17.9 Å². The third kappa shape index (κ3) is 7.08. The largest absolute Gasteiger partial charge is 0.416 e. The molecule has 33 heavy (non-hydrogen) atoms. The molecule has 1 fully saturated rings. The summed E-state index contributed by atoms with van der Waals surface area (Å²) in [5.41, 5.74) is 0.404. The Morgan fingerprint density at radius 3 is 2.24 bits per heavy atom. The van der Waals surface area contributed by atoms with E-state index in [9.17, 15) is 25.5 Å². The summed E-state index contributed by atoms with van der Waals surface area (Å²) in [6, 6.07) is 3.21. The Labute approximate surface area is 197 Å². The number of rotatable bonds is 7. The number of sulfonamides is 1. The third-order valence-electron chi connectivity index (χ3n) is 5.58. The minimum atomic E-state index is -4.53. The van der Waals surface area contributed by atoms with Crippen molar-refractivity contribution < 1.29 is 30.2 Å². The third-order valence-corrected chi connectivity index (χ3v) is 7.41. The lowest BCUT2D eigenvalue weighted by molar-refractivity contribution is -0.137. The minimum Gasteiger partial charge on any atom is -0.378 e. The molecule has 1 heterocycles. The maximum Gasteiger partial charge on any atom is 0.416 e. The molecule has 0 aromatic heterocycles. The first kappa shape index (κ1) is 27.4. The Bertz CT molecular complexity index is 941. The lowest BCUT2D eigenvalue weighted by atomic mass is 10.2. The Kier molecular flexibility index (Phi) is 10.0. The van der Waals surface area contributed by atoms with E-state index in [2.05, 4.69) is 18.5 Å². The molecule has 0 saturated heterocycles. The summed E-state index contributed by atoms with van der Waals surface area (Å²) in [7, 11) is -4.04. The number of hydrogen-bond acceptors (Lipinski definition) is 5. The molecule has 1 aliphatic heterocycles. The van der Waals surface area contributed by atoms with E-state index in [1.807, 2.05) is 13.0 Å². The zero-order chi connectivity index (χ0) is 24.6. The van der Waals surface area contributed by atoms with Gasteiger partial charge in [-0.3, -0.25) is 0 Å². The molecular formula is C22H28F4N2O3S2. The highest BCUT2D eigenvalue weighted by atomic mass is 32.2. The molecule has 1 unspecified atom stereocenters. The fourth-order valence-corrected chi connectivity index (χ4v) is 5.32. The van der Waals surface area contributed by atoms with E-state index >= 15 is 0 Å². The van der Waals surface area contributed by atoms with Crippen LogP contribution in [0.4, 0.5) is 17.1 Å². The molecule has 0 bridgehead atoms. The van der Waals surface area contributed by atoms with Crippen molar-refractivity contribution in [3.05, 3.63) is 66.4 Å². The maximum atomic E-state index is 13.3. The van der Waals surface area contributed by atoms with Crippen LogP contribution in [0.2, 0.25) is 0 Å². The highest BCUT2D eigenvalue weighted by Crippen LogP contribution is 2.31. The number of benzene rings is 1. The second kappa shape index (κ2) is 12.0. The fourth-order valence-electron chi connectivity index (χ4n) is 3.86. The second-order valence-corrected chi connectivity index (χ2v) is 9.69. The zero-order valence-electron chi connectivity index (χ0n) is 18.0. The monoisotopic (exact) mass is 508 g/mol. The Morgan fingerprint density at radius 1 is 1.12 bits per heavy atom. The van der Waals surface area contributed by atoms with Gasteiger partial charge in [0, 0.05) is 31.8 Å². The van der Waals surface area contributed by atoms with Crippen LogP contribution in [0.25, 0.3) is 0 Å². The number of thiol groups is 1. The summed E-state index contributed by atoms with van der Waals surface area (Å²) in [5.74, 6) is 0. The molecule has 1 aliphatic carbocycles. The number of nitrogens with zero attached hydrogens (tertiary/aromatic N) is 1. The minimum absolute atomic E-state index is 0.0289. The van der Waals surface area contributed by atoms with Crippen molar-refractivity contribution in [2.24, 2.45) is 0 Å². The van der Waals surface area contributed by atoms with Crippen molar-refractivity contribution >= 4 is 23.0 Å². The lowest BCUT2D eigenvalue weighted by Gasteiger charge is -2.26. The van der Waals surface area contributed by atoms with Gasteiger partial charge in [-0.1, -0.05) is 32.1 Å². The molecule has 0 amide bonds.